The molecule has 26 heavy (non-hydrogen) atoms. The molecule has 0 aliphatic heterocycles. The first-order valence-corrected chi connectivity index (χ1v) is 8.20. The number of anilines is 1. The molecular formula is C16H13Cl2N5O3. The summed E-state index contributed by atoms with van der Waals surface area (Å²) in [6, 6.07) is 8.24. The molecule has 1 amide bonds. The zero-order chi connectivity index (χ0) is 18.7. The van der Waals surface area contributed by atoms with E-state index in [-0.39, 0.29) is 12.2 Å². The summed E-state index contributed by atoms with van der Waals surface area (Å²) in [5.41, 5.74) is 0.841. The number of aromatic nitrogens is 4. The minimum atomic E-state index is -1.15. The van der Waals surface area contributed by atoms with E-state index in [4.69, 9.17) is 28.3 Å². The van der Waals surface area contributed by atoms with Crippen LogP contribution in [0.4, 0.5) is 5.82 Å². The molecule has 3 rings (SSSR count). The average molecular weight is 394 g/mol. The van der Waals surface area contributed by atoms with Crippen LogP contribution in [0, 0.1) is 0 Å². The lowest BCUT2D eigenvalue weighted by Crippen LogP contribution is -2.22. The summed E-state index contributed by atoms with van der Waals surface area (Å²) >= 11 is 11.9. The smallest absolute Gasteiger partial charge is 0.354 e. The van der Waals surface area contributed by atoms with Crippen molar-refractivity contribution in [3.63, 3.8) is 0 Å². The largest absolute Gasteiger partial charge is 0.477 e. The van der Waals surface area contributed by atoms with E-state index in [1.165, 1.54) is 12.3 Å². The van der Waals surface area contributed by atoms with Crippen molar-refractivity contribution < 1.29 is 14.7 Å². The SMILES string of the molecule is O=C(Cn1nccc1C(=O)O)Nc1ccn(Cc2ccc(Cl)c(Cl)c2)n1. The zero-order valence-electron chi connectivity index (χ0n) is 13.3. The maximum absolute atomic E-state index is 12.1. The Kier molecular flexibility index (Phi) is 5.24. The van der Waals surface area contributed by atoms with Gasteiger partial charge in [0.1, 0.15) is 12.2 Å². The molecule has 0 bridgehead atoms. The van der Waals surface area contributed by atoms with Crippen molar-refractivity contribution >= 4 is 40.9 Å². The quantitative estimate of drug-likeness (QED) is 0.670. The van der Waals surface area contributed by atoms with E-state index in [9.17, 15) is 9.59 Å². The molecule has 0 fully saturated rings. The molecule has 0 radical (unpaired) electrons. The van der Waals surface area contributed by atoms with Gasteiger partial charge in [-0.05, 0) is 23.8 Å². The van der Waals surface area contributed by atoms with Gasteiger partial charge in [0.15, 0.2) is 5.82 Å². The Morgan fingerprint density at radius 3 is 2.69 bits per heavy atom. The Labute approximate surface area is 157 Å². The topological polar surface area (TPSA) is 102 Å². The van der Waals surface area contributed by atoms with Gasteiger partial charge in [-0.25, -0.2) is 9.48 Å². The van der Waals surface area contributed by atoms with Crippen LogP contribution in [0.15, 0.2) is 42.7 Å². The number of rotatable bonds is 6. The minimum absolute atomic E-state index is 0.0645. The van der Waals surface area contributed by atoms with Crippen molar-refractivity contribution in [2.75, 3.05) is 5.32 Å². The molecule has 1 aromatic carbocycles. The molecule has 2 heterocycles. The van der Waals surface area contributed by atoms with E-state index in [2.05, 4.69) is 15.5 Å². The summed E-state index contributed by atoms with van der Waals surface area (Å²) in [5.74, 6) is -1.24. The van der Waals surface area contributed by atoms with Crippen LogP contribution >= 0.6 is 23.2 Å². The maximum Gasteiger partial charge on any atom is 0.354 e. The maximum atomic E-state index is 12.1. The van der Waals surface area contributed by atoms with Gasteiger partial charge in [0.05, 0.1) is 16.6 Å². The Morgan fingerprint density at radius 1 is 1.15 bits per heavy atom. The molecule has 134 valence electrons. The lowest BCUT2D eigenvalue weighted by Gasteiger charge is -2.05. The summed E-state index contributed by atoms with van der Waals surface area (Å²) in [5, 5.41) is 20.6. The van der Waals surface area contributed by atoms with E-state index in [0.29, 0.717) is 22.4 Å². The number of nitrogens with one attached hydrogen (secondary N) is 1. The fourth-order valence-electron chi connectivity index (χ4n) is 2.30. The lowest BCUT2D eigenvalue weighted by molar-refractivity contribution is -0.116. The molecular weight excluding hydrogens is 381 g/mol. The Hall–Kier alpha value is -2.84. The number of hydrogen-bond acceptors (Lipinski definition) is 4. The number of carbonyl (C=O) groups is 2. The van der Waals surface area contributed by atoms with Gasteiger partial charge in [0, 0.05) is 18.5 Å². The first-order valence-electron chi connectivity index (χ1n) is 7.45. The molecule has 0 spiro atoms. The van der Waals surface area contributed by atoms with Crippen molar-refractivity contribution in [2.45, 2.75) is 13.1 Å². The minimum Gasteiger partial charge on any atom is -0.477 e. The monoisotopic (exact) mass is 393 g/mol. The molecule has 2 aromatic heterocycles. The van der Waals surface area contributed by atoms with Crippen LogP contribution in [-0.2, 0) is 17.9 Å². The van der Waals surface area contributed by atoms with E-state index in [1.54, 1.807) is 29.1 Å². The van der Waals surface area contributed by atoms with E-state index < -0.39 is 11.9 Å². The number of aromatic carboxylic acids is 1. The lowest BCUT2D eigenvalue weighted by atomic mass is 10.2. The zero-order valence-corrected chi connectivity index (χ0v) is 14.8. The molecule has 0 saturated carbocycles. The van der Waals surface area contributed by atoms with Crippen molar-refractivity contribution in [1.82, 2.24) is 19.6 Å². The van der Waals surface area contributed by atoms with Crippen molar-refractivity contribution in [2.24, 2.45) is 0 Å². The van der Waals surface area contributed by atoms with Crippen LogP contribution in [0.3, 0.4) is 0 Å². The van der Waals surface area contributed by atoms with Crippen LogP contribution in [-0.4, -0.2) is 36.5 Å². The number of amides is 1. The summed E-state index contributed by atoms with van der Waals surface area (Å²) < 4.78 is 2.73. The Bertz CT molecular complexity index is 966. The summed E-state index contributed by atoms with van der Waals surface area (Å²) in [6.07, 6.45) is 3.03. The number of carboxylic acid groups (broad SMARTS) is 1. The number of nitrogens with zero attached hydrogens (tertiary/aromatic N) is 4. The van der Waals surface area contributed by atoms with E-state index in [0.717, 1.165) is 10.2 Å². The summed E-state index contributed by atoms with van der Waals surface area (Å²) in [4.78, 5) is 23.1. The fraction of sp³-hybridized carbons (Fsp3) is 0.125. The number of carboxylic acids is 1. The van der Waals surface area contributed by atoms with Gasteiger partial charge in [-0.3, -0.25) is 9.48 Å². The average Bonchev–Trinajstić information content (AvgIpc) is 3.20. The molecule has 0 saturated heterocycles. The Balaban J connectivity index is 1.62. The third kappa shape index (κ3) is 4.22. The molecule has 2 N–H and O–H groups in total. The third-order valence-corrected chi connectivity index (χ3v) is 4.20. The van der Waals surface area contributed by atoms with Crippen molar-refractivity contribution in [1.29, 1.82) is 0 Å². The second-order valence-electron chi connectivity index (χ2n) is 5.37. The van der Waals surface area contributed by atoms with Crippen molar-refractivity contribution in [3.8, 4) is 0 Å². The molecule has 0 aliphatic carbocycles. The van der Waals surface area contributed by atoms with Gasteiger partial charge in [-0.1, -0.05) is 29.3 Å². The highest BCUT2D eigenvalue weighted by Crippen LogP contribution is 2.23. The van der Waals surface area contributed by atoms with E-state index in [1.807, 2.05) is 6.07 Å². The highest BCUT2D eigenvalue weighted by molar-refractivity contribution is 6.42. The fourth-order valence-corrected chi connectivity index (χ4v) is 2.62. The second-order valence-corrected chi connectivity index (χ2v) is 6.19. The normalized spacial score (nSPS) is 10.7. The molecule has 8 nitrogen and oxygen atoms in total. The van der Waals surface area contributed by atoms with Gasteiger partial charge < -0.3 is 10.4 Å². The molecule has 0 unspecified atom stereocenters. The van der Waals surface area contributed by atoms with Crippen LogP contribution in [0.5, 0.6) is 0 Å². The second kappa shape index (κ2) is 7.59. The van der Waals surface area contributed by atoms with Crippen LogP contribution < -0.4 is 5.32 Å². The van der Waals surface area contributed by atoms with Crippen LogP contribution in [0.1, 0.15) is 16.1 Å². The molecule has 10 heteroatoms. The summed E-state index contributed by atoms with van der Waals surface area (Å²) in [6.45, 7) is 0.226. The van der Waals surface area contributed by atoms with E-state index >= 15 is 0 Å². The standard InChI is InChI=1S/C16H13Cl2N5O3/c17-11-2-1-10(7-12(11)18)8-22-6-4-14(21-22)20-15(24)9-23-13(16(25)26)3-5-19-23/h1-7H,8-9H2,(H,25,26)(H,20,21,24). The number of carbonyl (C=O) groups excluding carboxylic acids is 1. The molecule has 0 atom stereocenters. The van der Waals surface area contributed by atoms with Gasteiger partial charge in [-0.15, -0.1) is 0 Å². The van der Waals surface area contributed by atoms with Gasteiger partial charge in [0.25, 0.3) is 0 Å². The number of halogens is 2. The Morgan fingerprint density at radius 2 is 1.96 bits per heavy atom. The van der Waals surface area contributed by atoms with Crippen LogP contribution in [0.2, 0.25) is 10.0 Å². The first kappa shape index (κ1) is 18.0. The predicted molar refractivity (Wildman–Crippen MR) is 95.6 cm³/mol. The third-order valence-electron chi connectivity index (χ3n) is 3.47. The van der Waals surface area contributed by atoms with Gasteiger partial charge in [0.2, 0.25) is 5.91 Å². The van der Waals surface area contributed by atoms with Crippen molar-refractivity contribution in [3.05, 3.63) is 64.0 Å². The predicted octanol–water partition coefficient (Wildman–Crippen LogP) is 2.77. The molecule has 3 aromatic rings. The summed E-state index contributed by atoms with van der Waals surface area (Å²) in [7, 11) is 0. The molecule has 0 aliphatic rings. The highest BCUT2D eigenvalue weighted by atomic mass is 35.5. The number of benzene rings is 1. The first-order chi connectivity index (χ1) is 12.4. The van der Waals surface area contributed by atoms with Crippen LogP contribution in [0.25, 0.3) is 0 Å². The number of hydrogen-bond donors (Lipinski definition) is 2. The van der Waals surface area contributed by atoms with Gasteiger partial charge in [-0.2, -0.15) is 10.2 Å². The van der Waals surface area contributed by atoms with Gasteiger partial charge >= 0.3 is 5.97 Å². The highest BCUT2D eigenvalue weighted by Gasteiger charge is 2.14.